The Bertz CT molecular complexity index is 141. The molecule has 0 aromatic heterocycles. The Hall–Kier alpha value is -0.200. The van der Waals surface area contributed by atoms with E-state index in [1.807, 2.05) is 0 Å². The first-order valence-electron chi connectivity index (χ1n) is 3.94. The molecule has 4 N–H and O–H groups in total. The van der Waals surface area contributed by atoms with Gasteiger partial charge in [0, 0.05) is 20.2 Å². The molecule has 0 aromatic carbocycles. The predicted molar refractivity (Wildman–Crippen MR) is 41.7 cm³/mol. The van der Waals surface area contributed by atoms with Crippen molar-refractivity contribution in [3.63, 3.8) is 0 Å². The van der Waals surface area contributed by atoms with Gasteiger partial charge in [0.15, 0.2) is 0 Å². The van der Waals surface area contributed by atoms with Crippen LogP contribution in [0.4, 0.5) is 0 Å². The van der Waals surface area contributed by atoms with Crippen LogP contribution in [-0.4, -0.2) is 59.9 Å². The topological polar surface area (TPSA) is 82.0 Å². The van der Waals surface area contributed by atoms with Gasteiger partial charge in [-0.25, -0.2) is 0 Å². The van der Waals surface area contributed by atoms with E-state index in [2.05, 4.69) is 5.32 Å². The quantitative estimate of drug-likeness (QED) is 0.362. The highest BCUT2D eigenvalue weighted by molar-refractivity contribution is 4.87. The fourth-order valence-corrected chi connectivity index (χ4v) is 1.29. The third-order valence-electron chi connectivity index (χ3n) is 2.13. The molecular weight excluding hydrogens is 162 g/mol. The van der Waals surface area contributed by atoms with Crippen molar-refractivity contribution in [1.29, 1.82) is 0 Å². The number of rotatable bonds is 1. The second-order valence-electron chi connectivity index (χ2n) is 2.98. The van der Waals surface area contributed by atoms with Gasteiger partial charge in [-0.3, -0.25) is 0 Å². The lowest BCUT2D eigenvalue weighted by atomic mass is 10.1. The van der Waals surface area contributed by atoms with Gasteiger partial charge in [-0.05, 0) is 0 Å². The van der Waals surface area contributed by atoms with Crippen LogP contribution in [0.1, 0.15) is 0 Å². The summed E-state index contributed by atoms with van der Waals surface area (Å²) in [7, 11) is 1.46. The molecule has 1 aliphatic rings. The highest BCUT2D eigenvalue weighted by Crippen LogP contribution is 2.09. The minimum Gasteiger partial charge on any atom is -0.389 e. The van der Waals surface area contributed by atoms with Crippen molar-refractivity contribution in [3.05, 3.63) is 0 Å². The number of methoxy groups -OCH3 is 1. The highest BCUT2D eigenvalue weighted by atomic mass is 16.5. The van der Waals surface area contributed by atoms with Crippen molar-refractivity contribution in [1.82, 2.24) is 5.32 Å². The molecule has 0 aromatic rings. The maximum Gasteiger partial charge on any atom is 0.110 e. The van der Waals surface area contributed by atoms with E-state index >= 15 is 0 Å². The number of aliphatic hydroxyl groups is 3. The van der Waals surface area contributed by atoms with Gasteiger partial charge < -0.3 is 25.4 Å². The second kappa shape index (κ2) is 4.15. The van der Waals surface area contributed by atoms with Crippen molar-refractivity contribution >= 4 is 0 Å². The molecule has 0 saturated carbocycles. The number of aliphatic hydroxyl groups excluding tert-OH is 3. The van der Waals surface area contributed by atoms with Gasteiger partial charge >= 0.3 is 0 Å². The molecule has 12 heavy (non-hydrogen) atoms. The van der Waals surface area contributed by atoms with E-state index in [1.165, 1.54) is 7.11 Å². The predicted octanol–water partition coefficient (Wildman–Crippen LogP) is -2.31. The standard InChI is InChI=1S/C7H15NO4/c1-12-5-3-8-2-4(9)6(10)7(5)11/h4-11H,2-3H2,1H3/t4-,5+,6+,7-/m0/s1. The summed E-state index contributed by atoms with van der Waals surface area (Å²) < 4.78 is 4.92. The summed E-state index contributed by atoms with van der Waals surface area (Å²) >= 11 is 0. The average Bonchev–Trinajstić information content (AvgIpc) is 2.19. The Morgan fingerprint density at radius 3 is 2.42 bits per heavy atom. The van der Waals surface area contributed by atoms with E-state index in [-0.39, 0.29) is 6.54 Å². The first-order chi connectivity index (χ1) is 5.66. The van der Waals surface area contributed by atoms with Crippen LogP contribution in [0.25, 0.3) is 0 Å². The molecule has 4 atom stereocenters. The minimum absolute atomic E-state index is 0.276. The SMILES string of the molecule is CO[C@@H]1CNC[C@H](O)[C@@H](O)[C@H]1O. The van der Waals surface area contributed by atoms with Crippen LogP contribution >= 0.6 is 0 Å². The molecule has 0 bridgehead atoms. The summed E-state index contributed by atoms with van der Waals surface area (Å²) in [5, 5.41) is 30.8. The molecule has 1 aliphatic heterocycles. The number of β-amino-alcohol motifs (C(OH)–C–C–N with tert-alkyl or cyclic N) is 1. The Balaban J connectivity index is 2.59. The average molecular weight is 177 g/mol. The largest absolute Gasteiger partial charge is 0.389 e. The first kappa shape index (κ1) is 9.88. The minimum atomic E-state index is -1.13. The summed E-state index contributed by atoms with van der Waals surface area (Å²) in [5.41, 5.74) is 0. The molecule has 0 radical (unpaired) electrons. The maximum atomic E-state index is 9.41. The Morgan fingerprint density at radius 1 is 1.17 bits per heavy atom. The molecule has 1 saturated heterocycles. The normalized spacial score (nSPS) is 44.0. The molecular formula is C7H15NO4. The van der Waals surface area contributed by atoms with E-state index in [0.29, 0.717) is 6.54 Å². The summed E-state index contributed by atoms with van der Waals surface area (Å²) in [6.07, 6.45) is -3.55. The molecule has 72 valence electrons. The number of nitrogens with one attached hydrogen (secondary N) is 1. The maximum absolute atomic E-state index is 9.41. The monoisotopic (exact) mass is 177 g/mol. The third-order valence-corrected chi connectivity index (χ3v) is 2.13. The van der Waals surface area contributed by atoms with Crippen LogP contribution in [0.3, 0.4) is 0 Å². The number of hydrogen-bond donors (Lipinski definition) is 4. The van der Waals surface area contributed by atoms with Gasteiger partial charge in [-0.2, -0.15) is 0 Å². The molecule has 1 heterocycles. The van der Waals surface area contributed by atoms with Gasteiger partial charge in [0.1, 0.15) is 12.2 Å². The van der Waals surface area contributed by atoms with E-state index in [4.69, 9.17) is 4.74 Å². The van der Waals surface area contributed by atoms with Crippen molar-refractivity contribution < 1.29 is 20.1 Å². The smallest absolute Gasteiger partial charge is 0.110 e. The fourth-order valence-electron chi connectivity index (χ4n) is 1.29. The Kier molecular flexibility index (Phi) is 3.42. The van der Waals surface area contributed by atoms with E-state index in [9.17, 15) is 15.3 Å². The summed E-state index contributed by atoms with van der Waals surface area (Å²) in [5.74, 6) is 0. The van der Waals surface area contributed by atoms with Gasteiger partial charge in [-0.1, -0.05) is 0 Å². The van der Waals surface area contributed by atoms with Crippen LogP contribution in [0.15, 0.2) is 0 Å². The summed E-state index contributed by atoms with van der Waals surface area (Å²) in [4.78, 5) is 0. The Labute approximate surface area is 71.0 Å². The molecule has 0 unspecified atom stereocenters. The van der Waals surface area contributed by atoms with Gasteiger partial charge in [0.25, 0.3) is 0 Å². The zero-order valence-electron chi connectivity index (χ0n) is 6.97. The molecule has 0 amide bonds. The van der Waals surface area contributed by atoms with Gasteiger partial charge in [0.2, 0.25) is 0 Å². The summed E-state index contributed by atoms with van der Waals surface area (Å²) in [6.45, 7) is 0.712. The van der Waals surface area contributed by atoms with Crippen molar-refractivity contribution in [2.75, 3.05) is 20.2 Å². The molecule has 0 aliphatic carbocycles. The number of hydrogen-bond acceptors (Lipinski definition) is 5. The molecule has 0 spiro atoms. The van der Waals surface area contributed by atoms with Crippen LogP contribution in [-0.2, 0) is 4.74 Å². The van der Waals surface area contributed by atoms with Crippen LogP contribution < -0.4 is 5.32 Å². The van der Waals surface area contributed by atoms with E-state index in [0.717, 1.165) is 0 Å². The van der Waals surface area contributed by atoms with Crippen LogP contribution in [0.2, 0.25) is 0 Å². The zero-order chi connectivity index (χ0) is 9.14. The number of ether oxygens (including phenoxy) is 1. The lowest BCUT2D eigenvalue weighted by Crippen LogP contribution is -2.44. The second-order valence-corrected chi connectivity index (χ2v) is 2.98. The molecule has 1 fully saturated rings. The molecule has 5 heteroatoms. The highest BCUT2D eigenvalue weighted by Gasteiger charge is 2.33. The first-order valence-corrected chi connectivity index (χ1v) is 3.94. The van der Waals surface area contributed by atoms with Crippen molar-refractivity contribution in [2.45, 2.75) is 24.4 Å². The fraction of sp³-hybridized carbons (Fsp3) is 1.00. The van der Waals surface area contributed by atoms with E-state index in [1.54, 1.807) is 0 Å². The van der Waals surface area contributed by atoms with Crippen LogP contribution in [0.5, 0.6) is 0 Å². The zero-order valence-corrected chi connectivity index (χ0v) is 6.97. The molecule has 1 rings (SSSR count). The van der Waals surface area contributed by atoms with Gasteiger partial charge in [0.05, 0.1) is 12.2 Å². The van der Waals surface area contributed by atoms with Crippen LogP contribution in [0, 0.1) is 0 Å². The Morgan fingerprint density at radius 2 is 1.83 bits per heavy atom. The van der Waals surface area contributed by atoms with Gasteiger partial charge in [-0.15, -0.1) is 0 Å². The lowest BCUT2D eigenvalue weighted by molar-refractivity contribution is -0.0991. The third kappa shape index (κ3) is 1.94. The lowest BCUT2D eigenvalue weighted by Gasteiger charge is -2.23. The molecule has 5 nitrogen and oxygen atoms in total. The summed E-state index contributed by atoms with van der Waals surface area (Å²) in [6, 6.07) is 0. The van der Waals surface area contributed by atoms with Crippen molar-refractivity contribution in [2.24, 2.45) is 0 Å². The van der Waals surface area contributed by atoms with E-state index < -0.39 is 24.4 Å². The van der Waals surface area contributed by atoms with Crippen molar-refractivity contribution in [3.8, 4) is 0 Å².